The summed E-state index contributed by atoms with van der Waals surface area (Å²) in [7, 11) is 0. The third-order valence-electron chi connectivity index (χ3n) is 4.08. The van der Waals surface area contributed by atoms with Crippen molar-refractivity contribution in [2.75, 3.05) is 6.61 Å². The number of rotatable bonds is 7. The molecule has 8 heteroatoms. The van der Waals surface area contributed by atoms with Crippen LogP contribution in [0.15, 0.2) is 46.9 Å². The summed E-state index contributed by atoms with van der Waals surface area (Å²) < 4.78 is 6.46. The molecule has 0 aliphatic rings. The lowest BCUT2D eigenvalue weighted by molar-refractivity contribution is 0.0934. The van der Waals surface area contributed by atoms with E-state index in [0.29, 0.717) is 17.7 Å². The molecule has 0 unspecified atom stereocenters. The first kappa shape index (κ1) is 22.8. The molecule has 6 nitrogen and oxygen atoms in total. The molecule has 0 saturated carbocycles. The highest BCUT2D eigenvalue weighted by Gasteiger charge is 2.10. The Hall–Kier alpha value is -2.45. The summed E-state index contributed by atoms with van der Waals surface area (Å²) in [5.41, 5.74) is 6.90. The molecule has 29 heavy (non-hydrogen) atoms. The van der Waals surface area contributed by atoms with Gasteiger partial charge in [-0.25, -0.2) is 0 Å². The Morgan fingerprint density at radius 3 is 2.34 bits per heavy atom. The summed E-state index contributed by atoms with van der Waals surface area (Å²) in [4.78, 5) is 24.4. The van der Waals surface area contributed by atoms with E-state index in [1.165, 1.54) is 0 Å². The maximum atomic E-state index is 12.3. The molecule has 0 aliphatic carbocycles. The number of carbonyl (C=O) groups excluding carboxylic acids is 2. The molecule has 0 heterocycles. The van der Waals surface area contributed by atoms with Crippen molar-refractivity contribution < 1.29 is 14.3 Å². The zero-order chi connectivity index (χ0) is 21.2. The van der Waals surface area contributed by atoms with Crippen LogP contribution in [0.3, 0.4) is 0 Å². The van der Waals surface area contributed by atoms with Gasteiger partial charge < -0.3 is 4.74 Å². The molecule has 2 rings (SSSR count). The van der Waals surface area contributed by atoms with E-state index in [2.05, 4.69) is 39.0 Å². The number of carbonyl (C=O) groups is 2. The van der Waals surface area contributed by atoms with Crippen molar-refractivity contribution in [3.05, 3.63) is 63.6 Å². The van der Waals surface area contributed by atoms with Crippen LogP contribution in [-0.4, -0.2) is 23.5 Å². The van der Waals surface area contributed by atoms with Crippen LogP contribution in [0, 0.1) is 6.92 Å². The summed E-state index contributed by atoms with van der Waals surface area (Å²) in [5.74, 6) is -0.0332. The van der Waals surface area contributed by atoms with Crippen molar-refractivity contribution >= 4 is 45.1 Å². The molecule has 2 aromatic carbocycles. The molecule has 2 amide bonds. The number of unbranched alkanes of at least 4 members (excludes halogenated alkanes) is 2. The molecule has 0 fully saturated rings. The molecular weight excluding hydrogens is 454 g/mol. The largest absolute Gasteiger partial charge is 0.494 e. The second kappa shape index (κ2) is 11.5. The van der Waals surface area contributed by atoms with Gasteiger partial charge in [0.15, 0.2) is 5.11 Å². The van der Waals surface area contributed by atoms with Crippen LogP contribution >= 0.6 is 28.1 Å². The van der Waals surface area contributed by atoms with Crippen LogP contribution in [0.25, 0.3) is 0 Å². The van der Waals surface area contributed by atoms with Gasteiger partial charge in [0.25, 0.3) is 11.8 Å². The van der Waals surface area contributed by atoms with Crippen molar-refractivity contribution in [1.82, 2.24) is 16.2 Å². The predicted octanol–water partition coefficient (Wildman–Crippen LogP) is 4.28. The van der Waals surface area contributed by atoms with Crippen LogP contribution in [-0.2, 0) is 0 Å². The first-order valence-corrected chi connectivity index (χ1v) is 10.5. The fourth-order valence-corrected chi connectivity index (χ4v) is 2.89. The number of amides is 2. The van der Waals surface area contributed by atoms with Gasteiger partial charge in [-0.05, 0) is 67.5 Å². The first-order chi connectivity index (χ1) is 13.9. The molecule has 0 bridgehead atoms. The number of ether oxygens (including phenoxy) is 1. The number of halogens is 1. The zero-order valence-electron chi connectivity index (χ0n) is 16.4. The molecule has 3 N–H and O–H groups in total. The van der Waals surface area contributed by atoms with Crippen LogP contribution in [0.1, 0.15) is 52.5 Å². The molecule has 0 atom stereocenters. The van der Waals surface area contributed by atoms with E-state index in [-0.39, 0.29) is 16.9 Å². The van der Waals surface area contributed by atoms with Gasteiger partial charge in [-0.15, -0.1) is 0 Å². The van der Waals surface area contributed by atoms with Crippen LogP contribution in [0.2, 0.25) is 0 Å². The Morgan fingerprint density at radius 2 is 1.69 bits per heavy atom. The van der Waals surface area contributed by atoms with E-state index in [1.807, 2.05) is 13.0 Å². The number of hydrogen-bond donors (Lipinski definition) is 3. The third kappa shape index (κ3) is 7.47. The molecule has 0 radical (unpaired) electrons. The highest BCUT2D eigenvalue weighted by atomic mass is 79.9. The summed E-state index contributed by atoms with van der Waals surface area (Å²) in [6.45, 7) is 4.73. The summed E-state index contributed by atoms with van der Waals surface area (Å²) >= 11 is 8.45. The number of hydrogen-bond acceptors (Lipinski definition) is 4. The topological polar surface area (TPSA) is 79.5 Å². The van der Waals surface area contributed by atoms with E-state index in [4.69, 9.17) is 17.0 Å². The third-order valence-corrected chi connectivity index (χ3v) is 5.14. The van der Waals surface area contributed by atoms with Crippen molar-refractivity contribution in [3.8, 4) is 5.75 Å². The first-order valence-electron chi connectivity index (χ1n) is 9.31. The highest BCUT2D eigenvalue weighted by Crippen LogP contribution is 2.17. The highest BCUT2D eigenvalue weighted by molar-refractivity contribution is 9.10. The Kier molecular flexibility index (Phi) is 9.08. The Balaban J connectivity index is 1.80. The molecule has 0 aliphatic heterocycles. The summed E-state index contributed by atoms with van der Waals surface area (Å²) in [6.07, 6.45) is 3.27. The van der Waals surface area contributed by atoms with E-state index in [9.17, 15) is 9.59 Å². The monoisotopic (exact) mass is 477 g/mol. The maximum absolute atomic E-state index is 12.3. The number of aryl methyl sites for hydroxylation is 1. The van der Waals surface area contributed by atoms with Gasteiger partial charge in [0.1, 0.15) is 5.75 Å². The molecular formula is C21H24BrN3O3S. The van der Waals surface area contributed by atoms with Crippen molar-refractivity contribution in [1.29, 1.82) is 0 Å². The zero-order valence-corrected chi connectivity index (χ0v) is 18.8. The van der Waals surface area contributed by atoms with E-state index in [0.717, 1.165) is 35.0 Å². The average Bonchev–Trinajstić information content (AvgIpc) is 2.72. The van der Waals surface area contributed by atoms with Crippen LogP contribution in [0.5, 0.6) is 5.75 Å². The van der Waals surface area contributed by atoms with E-state index < -0.39 is 0 Å². The number of benzene rings is 2. The fourth-order valence-electron chi connectivity index (χ4n) is 2.37. The molecule has 2 aromatic rings. The molecule has 0 spiro atoms. The quantitative estimate of drug-likeness (QED) is 0.315. The van der Waals surface area contributed by atoms with Gasteiger partial charge in [-0.1, -0.05) is 41.8 Å². The second-order valence-electron chi connectivity index (χ2n) is 6.41. The second-order valence-corrected chi connectivity index (χ2v) is 7.67. The van der Waals surface area contributed by atoms with Gasteiger partial charge in [0.05, 0.1) is 6.61 Å². The maximum Gasteiger partial charge on any atom is 0.269 e. The standard InChI is InChI=1S/C21H24BrN3O3S/c1-3-4-5-12-28-17-10-8-15(9-11-17)19(26)23-21(29)25-24-20(27)16-7-6-14(2)18(22)13-16/h6-11,13H,3-5,12H2,1-2H3,(H,24,27)(H2,23,25,26,29). The minimum Gasteiger partial charge on any atom is -0.494 e. The van der Waals surface area contributed by atoms with Gasteiger partial charge in [-0.3, -0.25) is 25.8 Å². The lowest BCUT2D eigenvalue weighted by Crippen LogP contribution is -2.48. The molecule has 0 saturated heterocycles. The number of nitrogens with one attached hydrogen (secondary N) is 3. The Bertz CT molecular complexity index is 872. The Morgan fingerprint density at radius 1 is 1.00 bits per heavy atom. The van der Waals surface area contributed by atoms with Crippen molar-refractivity contribution in [2.24, 2.45) is 0 Å². The normalized spacial score (nSPS) is 10.2. The van der Waals surface area contributed by atoms with E-state index in [1.54, 1.807) is 36.4 Å². The smallest absolute Gasteiger partial charge is 0.269 e. The predicted molar refractivity (Wildman–Crippen MR) is 121 cm³/mol. The van der Waals surface area contributed by atoms with Crippen LogP contribution < -0.4 is 20.9 Å². The van der Waals surface area contributed by atoms with E-state index >= 15 is 0 Å². The lowest BCUT2D eigenvalue weighted by atomic mass is 10.1. The Labute approximate surface area is 184 Å². The van der Waals surface area contributed by atoms with Crippen molar-refractivity contribution in [2.45, 2.75) is 33.1 Å². The van der Waals surface area contributed by atoms with Crippen molar-refractivity contribution in [3.63, 3.8) is 0 Å². The fraction of sp³-hybridized carbons (Fsp3) is 0.286. The van der Waals surface area contributed by atoms with Gasteiger partial charge in [-0.2, -0.15) is 0 Å². The average molecular weight is 478 g/mol. The van der Waals surface area contributed by atoms with Crippen LogP contribution in [0.4, 0.5) is 0 Å². The van der Waals surface area contributed by atoms with Gasteiger partial charge in [0.2, 0.25) is 0 Å². The van der Waals surface area contributed by atoms with Gasteiger partial charge in [0, 0.05) is 15.6 Å². The minimum atomic E-state index is -0.382. The summed E-state index contributed by atoms with van der Waals surface area (Å²) in [6, 6.07) is 12.1. The van der Waals surface area contributed by atoms with Gasteiger partial charge >= 0.3 is 0 Å². The lowest BCUT2D eigenvalue weighted by Gasteiger charge is -2.12. The molecule has 154 valence electrons. The SMILES string of the molecule is CCCCCOc1ccc(C(=O)NC(=S)NNC(=O)c2ccc(C)c(Br)c2)cc1. The minimum absolute atomic E-state index is 0.00517. The number of hydrazine groups is 1. The summed E-state index contributed by atoms with van der Waals surface area (Å²) in [5, 5.41) is 2.51. The molecule has 0 aromatic heterocycles. The number of thiocarbonyl (C=S) groups is 1.